The molecule has 1 rings (SSSR count). The van der Waals surface area contributed by atoms with Crippen molar-refractivity contribution in [2.45, 2.75) is 45.9 Å². The van der Waals surface area contributed by atoms with Gasteiger partial charge in [-0.05, 0) is 25.3 Å². The average molecular weight is 265 g/mol. The van der Waals surface area contributed by atoms with Crippen LogP contribution in [0, 0.1) is 5.92 Å². The van der Waals surface area contributed by atoms with Gasteiger partial charge in [-0.25, -0.2) is 0 Å². The molecule has 0 aliphatic heterocycles. The summed E-state index contributed by atoms with van der Waals surface area (Å²) in [5.41, 5.74) is 7.47. The molecule has 19 heavy (non-hydrogen) atoms. The summed E-state index contributed by atoms with van der Waals surface area (Å²) in [5.74, 6) is 0.360. The Labute approximate surface area is 117 Å². The maximum Gasteiger partial charge on any atom is 0.0795 e. The first-order chi connectivity index (χ1) is 9.06. The molecule has 0 fully saturated rings. The van der Waals surface area contributed by atoms with Crippen LogP contribution in [0.3, 0.4) is 0 Å². The first-order valence-electron chi connectivity index (χ1n) is 7.10. The second-order valence-corrected chi connectivity index (χ2v) is 5.25. The molecule has 1 aromatic carbocycles. The van der Waals surface area contributed by atoms with Gasteiger partial charge < -0.3 is 15.2 Å². The Morgan fingerprint density at radius 2 is 1.74 bits per heavy atom. The molecule has 0 saturated carbocycles. The summed E-state index contributed by atoms with van der Waals surface area (Å²) in [5, 5.41) is 0. The average Bonchev–Trinajstić information content (AvgIpc) is 2.42. The standard InChI is InChI=1S/C16H27NO2/c1-5-18-11-13(4)19-16(12(2)3)15(17)14-9-7-6-8-10-14/h6-10,12-13,15-16H,5,11,17H2,1-4H3. The van der Waals surface area contributed by atoms with Crippen LogP contribution in [0.15, 0.2) is 30.3 Å². The van der Waals surface area contributed by atoms with E-state index in [1.54, 1.807) is 0 Å². The molecular weight excluding hydrogens is 238 g/mol. The van der Waals surface area contributed by atoms with Crippen molar-refractivity contribution < 1.29 is 9.47 Å². The van der Waals surface area contributed by atoms with E-state index in [1.807, 2.05) is 32.0 Å². The Bertz CT molecular complexity index is 340. The molecule has 0 bridgehead atoms. The summed E-state index contributed by atoms with van der Waals surface area (Å²) in [6.07, 6.45) is 0.0555. The summed E-state index contributed by atoms with van der Waals surface area (Å²) in [4.78, 5) is 0. The summed E-state index contributed by atoms with van der Waals surface area (Å²) in [6.45, 7) is 9.62. The largest absolute Gasteiger partial charge is 0.379 e. The van der Waals surface area contributed by atoms with Crippen molar-refractivity contribution in [3.63, 3.8) is 0 Å². The minimum Gasteiger partial charge on any atom is -0.379 e. The lowest BCUT2D eigenvalue weighted by Crippen LogP contribution is -2.37. The summed E-state index contributed by atoms with van der Waals surface area (Å²) in [7, 11) is 0. The molecular formula is C16H27NO2. The monoisotopic (exact) mass is 265 g/mol. The highest BCUT2D eigenvalue weighted by Crippen LogP contribution is 2.23. The fraction of sp³-hybridized carbons (Fsp3) is 0.625. The van der Waals surface area contributed by atoms with E-state index in [1.165, 1.54) is 0 Å². The van der Waals surface area contributed by atoms with Crippen molar-refractivity contribution >= 4 is 0 Å². The van der Waals surface area contributed by atoms with Crippen LogP contribution in [-0.4, -0.2) is 25.4 Å². The molecule has 0 aliphatic rings. The van der Waals surface area contributed by atoms with Crippen molar-refractivity contribution in [1.82, 2.24) is 0 Å². The van der Waals surface area contributed by atoms with Crippen LogP contribution in [0.1, 0.15) is 39.3 Å². The van der Waals surface area contributed by atoms with E-state index in [9.17, 15) is 0 Å². The van der Waals surface area contributed by atoms with Crippen LogP contribution in [0.5, 0.6) is 0 Å². The highest BCUT2D eigenvalue weighted by atomic mass is 16.5. The van der Waals surface area contributed by atoms with Gasteiger partial charge in [0.15, 0.2) is 0 Å². The smallest absolute Gasteiger partial charge is 0.0795 e. The van der Waals surface area contributed by atoms with Gasteiger partial charge in [-0.3, -0.25) is 0 Å². The van der Waals surface area contributed by atoms with Gasteiger partial charge in [-0.15, -0.1) is 0 Å². The molecule has 1 aromatic rings. The Balaban J connectivity index is 2.67. The van der Waals surface area contributed by atoms with Crippen LogP contribution < -0.4 is 5.73 Å². The van der Waals surface area contributed by atoms with Gasteiger partial charge in [0, 0.05) is 6.61 Å². The molecule has 0 radical (unpaired) electrons. The molecule has 3 heteroatoms. The highest BCUT2D eigenvalue weighted by molar-refractivity contribution is 5.19. The molecule has 0 aliphatic carbocycles. The van der Waals surface area contributed by atoms with E-state index in [2.05, 4.69) is 26.0 Å². The molecule has 0 spiro atoms. The second kappa shape index (κ2) is 8.31. The predicted octanol–water partition coefficient (Wildman–Crippen LogP) is 3.15. The number of hydrogen-bond acceptors (Lipinski definition) is 3. The zero-order valence-corrected chi connectivity index (χ0v) is 12.5. The molecule has 0 amide bonds. The van der Waals surface area contributed by atoms with Gasteiger partial charge in [0.25, 0.3) is 0 Å². The molecule has 108 valence electrons. The van der Waals surface area contributed by atoms with Gasteiger partial charge in [0.1, 0.15) is 0 Å². The molecule has 3 nitrogen and oxygen atoms in total. The van der Waals surface area contributed by atoms with Gasteiger partial charge in [-0.1, -0.05) is 44.2 Å². The van der Waals surface area contributed by atoms with E-state index in [0.717, 1.165) is 5.56 Å². The lowest BCUT2D eigenvalue weighted by atomic mass is 9.94. The maximum absolute atomic E-state index is 6.35. The van der Waals surface area contributed by atoms with Crippen LogP contribution in [0.25, 0.3) is 0 Å². The zero-order valence-electron chi connectivity index (χ0n) is 12.5. The number of ether oxygens (including phenoxy) is 2. The van der Waals surface area contributed by atoms with Crippen LogP contribution in [-0.2, 0) is 9.47 Å². The first-order valence-corrected chi connectivity index (χ1v) is 7.10. The van der Waals surface area contributed by atoms with Crippen molar-refractivity contribution in [1.29, 1.82) is 0 Å². The van der Waals surface area contributed by atoms with Crippen LogP contribution in [0.4, 0.5) is 0 Å². The highest BCUT2D eigenvalue weighted by Gasteiger charge is 2.25. The lowest BCUT2D eigenvalue weighted by molar-refractivity contribution is -0.0732. The SMILES string of the molecule is CCOCC(C)OC(C(C)C)C(N)c1ccccc1. The molecule has 3 unspecified atom stereocenters. The lowest BCUT2D eigenvalue weighted by Gasteiger charge is -2.30. The minimum absolute atomic E-state index is 0.00199. The third-order valence-corrected chi connectivity index (χ3v) is 3.14. The number of hydrogen-bond donors (Lipinski definition) is 1. The van der Waals surface area contributed by atoms with Crippen molar-refractivity contribution in [2.24, 2.45) is 11.7 Å². The molecule has 0 heterocycles. The summed E-state index contributed by atoms with van der Waals surface area (Å²) >= 11 is 0. The van der Waals surface area contributed by atoms with E-state index in [0.29, 0.717) is 19.1 Å². The summed E-state index contributed by atoms with van der Waals surface area (Å²) < 4.78 is 11.5. The number of nitrogens with two attached hydrogens (primary N) is 1. The molecule has 3 atom stereocenters. The van der Waals surface area contributed by atoms with Gasteiger partial charge in [-0.2, -0.15) is 0 Å². The summed E-state index contributed by atoms with van der Waals surface area (Å²) in [6, 6.07) is 10.0. The maximum atomic E-state index is 6.35. The normalized spacial score (nSPS) is 16.3. The fourth-order valence-electron chi connectivity index (χ4n) is 2.11. The first kappa shape index (κ1) is 16.2. The predicted molar refractivity (Wildman–Crippen MR) is 79.0 cm³/mol. The van der Waals surface area contributed by atoms with Gasteiger partial charge in [0.2, 0.25) is 0 Å². The van der Waals surface area contributed by atoms with Crippen molar-refractivity contribution in [3.8, 4) is 0 Å². The Kier molecular flexibility index (Phi) is 7.06. The Morgan fingerprint density at radius 3 is 2.26 bits per heavy atom. The second-order valence-electron chi connectivity index (χ2n) is 5.25. The number of rotatable bonds is 8. The Hall–Kier alpha value is -0.900. The Morgan fingerprint density at radius 1 is 1.11 bits per heavy atom. The minimum atomic E-state index is -0.106. The van der Waals surface area contributed by atoms with E-state index in [-0.39, 0.29) is 18.2 Å². The van der Waals surface area contributed by atoms with E-state index in [4.69, 9.17) is 15.2 Å². The topological polar surface area (TPSA) is 44.5 Å². The molecule has 0 saturated heterocycles. The quantitative estimate of drug-likeness (QED) is 0.785. The van der Waals surface area contributed by atoms with Crippen LogP contribution >= 0.6 is 0 Å². The third kappa shape index (κ3) is 5.31. The van der Waals surface area contributed by atoms with Crippen molar-refractivity contribution in [2.75, 3.05) is 13.2 Å². The van der Waals surface area contributed by atoms with E-state index < -0.39 is 0 Å². The van der Waals surface area contributed by atoms with Crippen molar-refractivity contribution in [3.05, 3.63) is 35.9 Å². The fourth-order valence-corrected chi connectivity index (χ4v) is 2.11. The van der Waals surface area contributed by atoms with Crippen LogP contribution in [0.2, 0.25) is 0 Å². The van der Waals surface area contributed by atoms with E-state index >= 15 is 0 Å². The number of benzene rings is 1. The van der Waals surface area contributed by atoms with Gasteiger partial charge >= 0.3 is 0 Å². The zero-order chi connectivity index (χ0) is 14.3. The molecule has 0 aromatic heterocycles. The van der Waals surface area contributed by atoms with Gasteiger partial charge in [0.05, 0.1) is 24.9 Å². The molecule has 2 N–H and O–H groups in total. The third-order valence-electron chi connectivity index (χ3n) is 3.14.